The van der Waals surface area contributed by atoms with Crippen molar-refractivity contribution in [3.8, 4) is 5.75 Å². The second kappa shape index (κ2) is 8.10. The number of aromatic amines is 1. The summed E-state index contributed by atoms with van der Waals surface area (Å²) in [6.45, 7) is 2.67. The maximum absolute atomic E-state index is 12.3. The first-order chi connectivity index (χ1) is 12.3. The van der Waals surface area contributed by atoms with Crippen molar-refractivity contribution in [3.63, 3.8) is 0 Å². The zero-order chi connectivity index (χ0) is 17.5. The van der Waals surface area contributed by atoms with Crippen LogP contribution in [-0.2, 0) is 6.42 Å². The van der Waals surface area contributed by atoms with E-state index in [2.05, 4.69) is 20.5 Å². The van der Waals surface area contributed by atoms with Crippen LogP contribution in [0.3, 0.4) is 0 Å². The van der Waals surface area contributed by atoms with Crippen LogP contribution >= 0.6 is 0 Å². The van der Waals surface area contributed by atoms with E-state index >= 15 is 0 Å². The largest absolute Gasteiger partial charge is 0.491 e. The average molecular weight is 336 g/mol. The summed E-state index contributed by atoms with van der Waals surface area (Å²) >= 11 is 0. The number of anilines is 2. The molecular weight excluding hydrogens is 316 g/mol. The van der Waals surface area contributed by atoms with Crippen molar-refractivity contribution in [3.05, 3.63) is 76.2 Å². The summed E-state index contributed by atoms with van der Waals surface area (Å²) < 4.78 is 5.69. The van der Waals surface area contributed by atoms with Gasteiger partial charge >= 0.3 is 0 Å². The number of H-pyrrole nitrogens is 1. The van der Waals surface area contributed by atoms with Gasteiger partial charge in [0.15, 0.2) is 0 Å². The summed E-state index contributed by atoms with van der Waals surface area (Å²) in [4.78, 5) is 15.0. The Balaban J connectivity index is 1.76. The van der Waals surface area contributed by atoms with Gasteiger partial charge in [0, 0.05) is 6.42 Å². The number of nitrogens with zero attached hydrogens (tertiary/aromatic N) is 2. The number of ether oxygens (including phenoxy) is 1. The van der Waals surface area contributed by atoms with Gasteiger partial charge in [0.05, 0.1) is 12.3 Å². The van der Waals surface area contributed by atoms with Gasteiger partial charge in [0.1, 0.15) is 11.4 Å². The molecule has 1 aromatic heterocycles. The van der Waals surface area contributed by atoms with Crippen LogP contribution in [0.1, 0.15) is 24.6 Å². The molecule has 0 unspecified atom stereocenters. The standard InChI is InChI=1S/C19H20N4O2/c1-2-12-25-17-11-7-6-10-15(17)20-19-21-18(24)16(22-23-19)13-14-8-4-3-5-9-14/h3-11H,2,12-13H2,1H3,(H2,20,21,23,24). The maximum atomic E-state index is 12.3. The molecule has 128 valence electrons. The Bertz CT molecular complexity index is 878. The first-order valence-electron chi connectivity index (χ1n) is 8.25. The van der Waals surface area contributed by atoms with Crippen LogP contribution in [0, 0.1) is 0 Å². The molecule has 3 rings (SSSR count). The van der Waals surface area contributed by atoms with Gasteiger partial charge in [-0.25, -0.2) is 0 Å². The minimum absolute atomic E-state index is 0.256. The lowest BCUT2D eigenvalue weighted by Crippen LogP contribution is -2.19. The predicted molar refractivity (Wildman–Crippen MR) is 97.4 cm³/mol. The van der Waals surface area contributed by atoms with Gasteiger partial charge in [-0.05, 0) is 24.1 Å². The van der Waals surface area contributed by atoms with Crippen LogP contribution in [0.25, 0.3) is 0 Å². The summed E-state index contributed by atoms with van der Waals surface area (Å²) in [6, 6.07) is 17.2. The summed E-state index contributed by atoms with van der Waals surface area (Å²) in [6.07, 6.45) is 1.36. The van der Waals surface area contributed by atoms with Crippen molar-refractivity contribution >= 4 is 11.6 Å². The molecule has 0 fully saturated rings. The molecule has 0 atom stereocenters. The zero-order valence-corrected chi connectivity index (χ0v) is 14.0. The third kappa shape index (κ3) is 4.44. The normalized spacial score (nSPS) is 10.4. The average Bonchev–Trinajstić information content (AvgIpc) is 2.64. The van der Waals surface area contributed by atoms with Gasteiger partial charge in [-0.3, -0.25) is 9.78 Å². The summed E-state index contributed by atoms with van der Waals surface area (Å²) in [5, 5.41) is 11.2. The van der Waals surface area contributed by atoms with Gasteiger partial charge in [0.2, 0.25) is 5.95 Å². The number of hydrogen-bond acceptors (Lipinski definition) is 5. The molecule has 0 saturated carbocycles. The smallest absolute Gasteiger partial charge is 0.274 e. The molecule has 0 radical (unpaired) electrons. The molecule has 0 aliphatic heterocycles. The predicted octanol–water partition coefficient (Wildman–Crippen LogP) is 3.29. The number of para-hydroxylation sites is 2. The summed E-state index contributed by atoms with van der Waals surface area (Å²) in [5.41, 5.74) is 1.87. The Labute approximate surface area is 145 Å². The van der Waals surface area contributed by atoms with E-state index in [-0.39, 0.29) is 11.5 Å². The number of benzene rings is 2. The van der Waals surface area contributed by atoms with Crippen LogP contribution in [0.4, 0.5) is 11.6 Å². The van der Waals surface area contributed by atoms with E-state index in [1.807, 2.05) is 61.5 Å². The molecule has 0 spiro atoms. The Morgan fingerprint density at radius 3 is 2.56 bits per heavy atom. The third-order valence-electron chi connectivity index (χ3n) is 3.58. The first kappa shape index (κ1) is 16.7. The van der Waals surface area contributed by atoms with E-state index in [0.29, 0.717) is 24.5 Å². The van der Waals surface area contributed by atoms with Gasteiger partial charge in [-0.1, -0.05) is 49.4 Å². The van der Waals surface area contributed by atoms with E-state index < -0.39 is 0 Å². The fraction of sp³-hybridized carbons (Fsp3) is 0.211. The lowest BCUT2D eigenvalue weighted by atomic mass is 10.1. The van der Waals surface area contributed by atoms with Gasteiger partial charge in [0.25, 0.3) is 5.56 Å². The Morgan fingerprint density at radius 2 is 1.80 bits per heavy atom. The van der Waals surface area contributed by atoms with Crippen LogP contribution < -0.4 is 15.6 Å². The fourth-order valence-corrected chi connectivity index (χ4v) is 2.36. The maximum Gasteiger partial charge on any atom is 0.274 e. The molecule has 0 bridgehead atoms. The van der Waals surface area contributed by atoms with Crippen molar-refractivity contribution in [2.24, 2.45) is 0 Å². The molecule has 25 heavy (non-hydrogen) atoms. The molecule has 0 saturated heterocycles. The van der Waals surface area contributed by atoms with E-state index in [1.54, 1.807) is 0 Å². The Morgan fingerprint density at radius 1 is 1.04 bits per heavy atom. The molecule has 6 nitrogen and oxygen atoms in total. The molecule has 0 amide bonds. The molecule has 1 heterocycles. The lowest BCUT2D eigenvalue weighted by molar-refractivity contribution is 0.319. The molecule has 2 aromatic carbocycles. The zero-order valence-electron chi connectivity index (χ0n) is 14.0. The molecule has 0 aliphatic carbocycles. The van der Waals surface area contributed by atoms with E-state index in [9.17, 15) is 4.79 Å². The second-order valence-electron chi connectivity index (χ2n) is 5.58. The van der Waals surface area contributed by atoms with Crippen LogP contribution in [0.5, 0.6) is 5.75 Å². The number of nitrogens with one attached hydrogen (secondary N) is 2. The van der Waals surface area contributed by atoms with Gasteiger partial charge in [-0.15, -0.1) is 10.2 Å². The number of hydrogen-bond donors (Lipinski definition) is 2. The van der Waals surface area contributed by atoms with Crippen molar-refractivity contribution in [2.45, 2.75) is 19.8 Å². The Kier molecular flexibility index (Phi) is 5.41. The highest BCUT2D eigenvalue weighted by molar-refractivity contribution is 5.62. The molecule has 3 aromatic rings. The topological polar surface area (TPSA) is 79.9 Å². The third-order valence-corrected chi connectivity index (χ3v) is 3.58. The number of aromatic nitrogens is 3. The quantitative estimate of drug-likeness (QED) is 0.692. The Hall–Kier alpha value is -3.15. The number of rotatable bonds is 7. The summed E-state index contributed by atoms with van der Waals surface area (Å²) in [7, 11) is 0. The highest BCUT2D eigenvalue weighted by Gasteiger charge is 2.08. The molecular formula is C19H20N4O2. The highest BCUT2D eigenvalue weighted by Crippen LogP contribution is 2.25. The minimum Gasteiger partial charge on any atom is -0.491 e. The van der Waals surface area contributed by atoms with E-state index in [0.717, 1.165) is 17.7 Å². The lowest BCUT2D eigenvalue weighted by Gasteiger charge is -2.11. The van der Waals surface area contributed by atoms with Crippen molar-refractivity contribution < 1.29 is 4.74 Å². The fourth-order valence-electron chi connectivity index (χ4n) is 2.36. The van der Waals surface area contributed by atoms with Crippen LogP contribution in [0.2, 0.25) is 0 Å². The van der Waals surface area contributed by atoms with Crippen molar-refractivity contribution in [2.75, 3.05) is 11.9 Å². The minimum atomic E-state index is -0.256. The summed E-state index contributed by atoms with van der Waals surface area (Å²) in [5.74, 6) is 0.995. The van der Waals surface area contributed by atoms with Crippen molar-refractivity contribution in [1.29, 1.82) is 0 Å². The molecule has 2 N–H and O–H groups in total. The monoisotopic (exact) mass is 336 g/mol. The van der Waals surface area contributed by atoms with Gasteiger partial charge in [-0.2, -0.15) is 0 Å². The molecule has 0 aliphatic rings. The molecule has 6 heteroatoms. The van der Waals surface area contributed by atoms with Gasteiger partial charge < -0.3 is 10.1 Å². The first-order valence-corrected chi connectivity index (χ1v) is 8.25. The van der Waals surface area contributed by atoms with Crippen LogP contribution in [0.15, 0.2) is 59.4 Å². The van der Waals surface area contributed by atoms with Crippen LogP contribution in [-0.4, -0.2) is 21.8 Å². The highest BCUT2D eigenvalue weighted by atomic mass is 16.5. The SMILES string of the molecule is CCCOc1ccccc1Nc1nnc(Cc2ccccc2)c(=O)[nH]1. The van der Waals surface area contributed by atoms with Crippen molar-refractivity contribution in [1.82, 2.24) is 15.2 Å². The van der Waals surface area contributed by atoms with E-state index in [1.165, 1.54) is 0 Å². The van der Waals surface area contributed by atoms with E-state index in [4.69, 9.17) is 4.74 Å². The second-order valence-corrected chi connectivity index (χ2v) is 5.58.